The van der Waals surface area contributed by atoms with Crippen LogP contribution in [0.2, 0.25) is 5.02 Å². The highest BCUT2D eigenvalue weighted by Crippen LogP contribution is 2.36. The molecule has 0 aliphatic heterocycles. The molecule has 4 rings (SSSR count). The molecule has 0 N–H and O–H groups in total. The number of carbonyl (C=O) groups excluding carboxylic acids is 2. The minimum Gasteiger partial charge on any atom is -0.491 e. The van der Waals surface area contributed by atoms with Crippen molar-refractivity contribution in [1.82, 2.24) is 14.7 Å². The lowest BCUT2D eigenvalue weighted by Crippen LogP contribution is -2.45. The van der Waals surface area contributed by atoms with Gasteiger partial charge in [0.15, 0.2) is 0 Å². The van der Waals surface area contributed by atoms with E-state index in [0.29, 0.717) is 42.2 Å². The Morgan fingerprint density at radius 2 is 2.03 bits per heavy atom. The molecule has 1 fully saturated rings. The van der Waals surface area contributed by atoms with Crippen LogP contribution in [0.15, 0.2) is 48.7 Å². The third-order valence-corrected chi connectivity index (χ3v) is 6.61. The number of hydrogen-bond donors (Lipinski definition) is 0. The van der Waals surface area contributed by atoms with Gasteiger partial charge in [-0.3, -0.25) is 4.79 Å². The van der Waals surface area contributed by atoms with E-state index < -0.39 is 6.09 Å². The zero-order valence-electron chi connectivity index (χ0n) is 21.2. The maximum atomic E-state index is 13.6. The lowest BCUT2D eigenvalue weighted by atomic mass is 9.91. The van der Waals surface area contributed by atoms with Crippen LogP contribution in [0.5, 0.6) is 5.75 Å². The van der Waals surface area contributed by atoms with Crippen LogP contribution >= 0.6 is 11.6 Å². The molecule has 8 heteroatoms. The van der Waals surface area contributed by atoms with Crippen molar-refractivity contribution in [3.05, 3.63) is 70.5 Å². The molecule has 2 aliphatic rings. The number of aryl methyl sites for hydroxylation is 1. The van der Waals surface area contributed by atoms with E-state index in [1.165, 1.54) is 4.68 Å². The SMILES string of the molecule is C/C=C\C=C/CCOC(=O)n1cc2c(n1)CCC(N(C(=O)c1ccc(OC(C)C)cc1Cl)C1CC1)C2. The van der Waals surface area contributed by atoms with E-state index in [-0.39, 0.29) is 24.1 Å². The van der Waals surface area contributed by atoms with Crippen LogP contribution in [0.1, 0.15) is 68.1 Å². The monoisotopic (exact) mass is 511 g/mol. The molecule has 0 saturated heterocycles. The van der Waals surface area contributed by atoms with Crippen LogP contribution in [0.25, 0.3) is 0 Å². The van der Waals surface area contributed by atoms with Gasteiger partial charge in [-0.05, 0) is 83.1 Å². The summed E-state index contributed by atoms with van der Waals surface area (Å²) < 4.78 is 12.3. The molecule has 1 aromatic heterocycles. The first-order valence-electron chi connectivity index (χ1n) is 12.7. The molecule has 1 amide bonds. The van der Waals surface area contributed by atoms with Gasteiger partial charge in [0, 0.05) is 18.3 Å². The van der Waals surface area contributed by atoms with Crippen molar-refractivity contribution in [2.45, 2.75) is 77.5 Å². The van der Waals surface area contributed by atoms with Gasteiger partial charge in [-0.1, -0.05) is 35.9 Å². The molecule has 1 atom stereocenters. The third kappa shape index (κ3) is 6.38. The molecule has 0 spiro atoms. The summed E-state index contributed by atoms with van der Waals surface area (Å²) in [5.41, 5.74) is 2.38. The van der Waals surface area contributed by atoms with E-state index in [1.54, 1.807) is 24.4 Å². The van der Waals surface area contributed by atoms with Crippen molar-refractivity contribution in [3.63, 3.8) is 0 Å². The summed E-state index contributed by atoms with van der Waals surface area (Å²) in [4.78, 5) is 28.1. The fourth-order valence-electron chi connectivity index (χ4n) is 4.52. The quantitative estimate of drug-likeness (QED) is 0.305. The van der Waals surface area contributed by atoms with Gasteiger partial charge in [0.25, 0.3) is 5.91 Å². The number of fused-ring (bicyclic) bond motifs is 1. The Balaban J connectivity index is 1.42. The number of nitrogens with zero attached hydrogens (tertiary/aromatic N) is 3. The molecule has 0 bridgehead atoms. The number of allylic oxidation sites excluding steroid dienone is 3. The summed E-state index contributed by atoms with van der Waals surface area (Å²) in [6, 6.07) is 5.53. The van der Waals surface area contributed by atoms with Gasteiger partial charge in [-0.15, -0.1) is 0 Å². The van der Waals surface area contributed by atoms with Gasteiger partial charge in [-0.25, -0.2) is 4.79 Å². The highest BCUT2D eigenvalue weighted by molar-refractivity contribution is 6.34. The number of benzene rings is 1. The fraction of sp³-hybridized carbons (Fsp3) is 0.464. The van der Waals surface area contributed by atoms with Gasteiger partial charge in [0.05, 0.1) is 29.0 Å². The zero-order chi connectivity index (χ0) is 25.7. The van der Waals surface area contributed by atoms with Crippen molar-refractivity contribution in [3.8, 4) is 5.75 Å². The van der Waals surface area contributed by atoms with Crippen LogP contribution < -0.4 is 4.74 Å². The number of aromatic nitrogens is 2. The predicted molar refractivity (Wildman–Crippen MR) is 140 cm³/mol. The molecule has 2 aliphatic carbocycles. The Morgan fingerprint density at radius 3 is 2.72 bits per heavy atom. The molecule has 7 nitrogen and oxygen atoms in total. The molecular formula is C28H34ClN3O4. The summed E-state index contributed by atoms with van der Waals surface area (Å²) in [6.07, 6.45) is 13.8. The van der Waals surface area contributed by atoms with E-state index in [4.69, 9.17) is 21.1 Å². The first-order chi connectivity index (χ1) is 17.4. The van der Waals surface area contributed by atoms with Crippen molar-refractivity contribution >= 4 is 23.6 Å². The Bertz CT molecular complexity index is 1150. The Hall–Kier alpha value is -3.06. The van der Waals surface area contributed by atoms with Crippen molar-refractivity contribution in [2.75, 3.05) is 6.61 Å². The zero-order valence-corrected chi connectivity index (χ0v) is 21.9. The van der Waals surface area contributed by atoms with Crippen LogP contribution in [0.3, 0.4) is 0 Å². The number of rotatable bonds is 9. The van der Waals surface area contributed by atoms with Gasteiger partial charge in [-0.2, -0.15) is 9.78 Å². The van der Waals surface area contributed by atoms with Crippen molar-refractivity contribution in [1.29, 1.82) is 0 Å². The van der Waals surface area contributed by atoms with E-state index in [2.05, 4.69) is 5.10 Å². The summed E-state index contributed by atoms with van der Waals surface area (Å²) in [5.74, 6) is 0.602. The van der Waals surface area contributed by atoms with Crippen molar-refractivity contribution < 1.29 is 19.1 Å². The summed E-state index contributed by atoms with van der Waals surface area (Å²) >= 11 is 6.51. The second kappa shape index (κ2) is 11.8. The minimum absolute atomic E-state index is 0.0280. The topological polar surface area (TPSA) is 73.7 Å². The molecule has 1 aromatic carbocycles. The van der Waals surface area contributed by atoms with Crippen molar-refractivity contribution in [2.24, 2.45) is 0 Å². The number of hydrogen-bond acceptors (Lipinski definition) is 5. The summed E-state index contributed by atoms with van der Waals surface area (Å²) in [5, 5.41) is 4.86. The molecule has 192 valence electrons. The molecule has 36 heavy (non-hydrogen) atoms. The second-order valence-corrected chi connectivity index (χ2v) is 9.96. The normalized spacial score (nSPS) is 17.5. The number of halogens is 1. The Morgan fingerprint density at radius 1 is 1.22 bits per heavy atom. The minimum atomic E-state index is -0.481. The highest BCUT2D eigenvalue weighted by atomic mass is 35.5. The summed E-state index contributed by atoms with van der Waals surface area (Å²) in [7, 11) is 0. The van der Waals surface area contributed by atoms with Crippen LogP contribution in [0.4, 0.5) is 4.79 Å². The molecule has 1 unspecified atom stereocenters. The van der Waals surface area contributed by atoms with E-state index >= 15 is 0 Å². The molecule has 0 radical (unpaired) electrons. The second-order valence-electron chi connectivity index (χ2n) is 9.55. The van der Waals surface area contributed by atoms with E-state index in [0.717, 1.165) is 30.5 Å². The number of amides is 1. The van der Waals surface area contributed by atoms with Gasteiger partial charge < -0.3 is 14.4 Å². The predicted octanol–water partition coefficient (Wildman–Crippen LogP) is 5.99. The summed E-state index contributed by atoms with van der Waals surface area (Å²) in [6.45, 7) is 6.14. The first kappa shape index (κ1) is 26.0. The lowest BCUT2D eigenvalue weighted by Gasteiger charge is -2.34. The molecule has 1 saturated carbocycles. The van der Waals surface area contributed by atoms with Crippen LogP contribution in [0, 0.1) is 0 Å². The number of ether oxygens (including phenoxy) is 2. The number of carbonyl (C=O) groups is 2. The highest BCUT2D eigenvalue weighted by Gasteiger charge is 2.40. The largest absolute Gasteiger partial charge is 0.491 e. The average molecular weight is 512 g/mol. The van der Waals surface area contributed by atoms with E-state index in [9.17, 15) is 9.59 Å². The fourth-order valence-corrected chi connectivity index (χ4v) is 4.77. The molecule has 1 heterocycles. The van der Waals surface area contributed by atoms with Gasteiger partial charge in [0.1, 0.15) is 5.75 Å². The third-order valence-electron chi connectivity index (χ3n) is 6.29. The van der Waals surface area contributed by atoms with E-state index in [1.807, 2.05) is 50.0 Å². The Kier molecular flexibility index (Phi) is 8.52. The van der Waals surface area contributed by atoms with Crippen LogP contribution in [-0.2, 0) is 17.6 Å². The van der Waals surface area contributed by atoms with Crippen LogP contribution in [-0.4, -0.2) is 51.5 Å². The first-order valence-corrected chi connectivity index (χ1v) is 13.1. The maximum Gasteiger partial charge on any atom is 0.434 e. The van der Waals surface area contributed by atoms with Gasteiger partial charge in [0.2, 0.25) is 0 Å². The standard InChI is InChI=1S/C28H34ClN3O4/c1-4-5-6-7-8-15-35-28(34)31-18-20-16-22(11-14-26(20)30-31)32(21-9-10-21)27(33)24-13-12-23(17-25(24)29)36-19(2)3/h4-7,12-13,17-19,21-22H,8-11,14-16H2,1-3H3/b5-4-,7-6-. The maximum absolute atomic E-state index is 13.6. The molecule has 2 aromatic rings. The average Bonchev–Trinajstić information content (AvgIpc) is 3.57. The lowest BCUT2D eigenvalue weighted by molar-refractivity contribution is 0.0643. The molecular weight excluding hydrogens is 478 g/mol. The smallest absolute Gasteiger partial charge is 0.434 e. The van der Waals surface area contributed by atoms with Gasteiger partial charge >= 0.3 is 6.09 Å². The Labute approximate surface area is 217 Å².